The van der Waals surface area contributed by atoms with Gasteiger partial charge in [0.05, 0.1) is 12.2 Å². The maximum Gasteiger partial charge on any atom is 0.0644 e. The quantitative estimate of drug-likeness (QED) is 0.735. The Morgan fingerprint density at radius 2 is 1.87 bits per heavy atom. The molecule has 0 spiro atoms. The molecule has 0 radical (unpaired) electrons. The van der Waals surface area contributed by atoms with E-state index in [9.17, 15) is 5.11 Å². The normalized spacial score (nSPS) is 20.6. The molecule has 1 aliphatic rings. The average molecular weight is 219 g/mol. The van der Waals surface area contributed by atoms with Crippen LogP contribution in [0.25, 0.3) is 0 Å². The highest BCUT2D eigenvalue weighted by Crippen LogP contribution is 2.20. The highest BCUT2D eigenvalue weighted by molar-refractivity contribution is 4.81. The van der Waals surface area contributed by atoms with Crippen LogP contribution in [0.4, 0.5) is 0 Å². The highest BCUT2D eigenvalue weighted by atomic mass is 16.5. The Morgan fingerprint density at radius 3 is 2.33 bits per heavy atom. The van der Waals surface area contributed by atoms with Gasteiger partial charge in [-0.05, 0) is 26.7 Å². The number of ether oxygens (including phenoxy) is 1. The molecule has 0 aliphatic carbocycles. The van der Waals surface area contributed by atoms with Crippen LogP contribution in [0.2, 0.25) is 0 Å². The second-order valence-electron chi connectivity index (χ2n) is 4.04. The Morgan fingerprint density at radius 1 is 1.33 bits per heavy atom. The fourth-order valence-electron chi connectivity index (χ4n) is 1.60. The molecule has 0 unspecified atom stereocenters. The number of hydrogen-bond acceptors (Lipinski definition) is 3. The SMILES string of the molecule is CC.CCOCCN1CCC(C)(O)CC1.[HH]. The van der Waals surface area contributed by atoms with Gasteiger partial charge in [0.15, 0.2) is 0 Å². The first-order chi connectivity index (χ1) is 7.14. The third-order valence-corrected chi connectivity index (χ3v) is 2.69. The Balaban J connectivity index is 0. The summed E-state index contributed by atoms with van der Waals surface area (Å²) >= 11 is 0. The molecule has 1 N–H and O–H groups in total. The average Bonchev–Trinajstić information content (AvgIpc) is 2.24. The van der Waals surface area contributed by atoms with E-state index >= 15 is 0 Å². The van der Waals surface area contributed by atoms with Gasteiger partial charge in [0.25, 0.3) is 0 Å². The molecule has 1 aliphatic heterocycles. The van der Waals surface area contributed by atoms with Gasteiger partial charge in [0, 0.05) is 27.7 Å². The predicted octanol–water partition coefficient (Wildman–Crippen LogP) is 2.14. The summed E-state index contributed by atoms with van der Waals surface area (Å²) in [5.74, 6) is 0. The van der Waals surface area contributed by atoms with Crippen LogP contribution in [-0.4, -0.2) is 48.5 Å². The van der Waals surface area contributed by atoms with E-state index in [-0.39, 0.29) is 1.43 Å². The van der Waals surface area contributed by atoms with Crippen molar-refractivity contribution in [2.24, 2.45) is 0 Å². The Labute approximate surface area is 95.9 Å². The maximum absolute atomic E-state index is 9.71. The van der Waals surface area contributed by atoms with Crippen LogP contribution < -0.4 is 0 Å². The fourth-order valence-corrected chi connectivity index (χ4v) is 1.60. The summed E-state index contributed by atoms with van der Waals surface area (Å²) in [6.07, 6.45) is 1.78. The van der Waals surface area contributed by atoms with Crippen LogP contribution in [-0.2, 0) is 4.74 Å². The lowest BCUT2D eigenvalue weighted by Gasteiger charge is -2.35. The number of aliphatic hydroxyl groups is 1. The van der Waals surface area contributed by atoms with Gasteiger partial charge >= 0.3 is 0 Å². The lowest BCUT2D eigenvalue weighted by molar-refractivity contribution is -0.0117. The molecule has 3 nitrogen and oxygen atoms in total. The van der Waals surface area contributed by atoms with E-state index in [0.717, 1.165) is 45.7 Å². The molecular formula is C12H29NO2. The van der Waals surface area contributed by atoms with Gasteiger partial charge in [-0.15, -0.1) is 0 Å². The van der Waals surface area contributed by atoms with E-state index in [1.54, 1.807) is 0 Å². The van der Waals surface area contributed by atoms with Crippen molar-refractivity contribution in [3.8, 4) is 0 Å². The minimum Gasteiger partial charge on any atom is -0.390 e. The Bertz CT molecular complexity index is 144. The van der Waals surface area contributed by atoms with Crippen molar-refractivity contribution in [3.63, 3.8) is 0 Å². The maximum atomic E-state index is 9.71. The third-order valence-electron chi connectivity index (χ3n) is 2.69. The van der Waals surface area contributed by atoms with Crippen molar-refractivity contribution < 1.29 is 11.3 Å². The van der Waals surface area contributed by atoms with Gasteiger partial charge in [-0.2, -0.15) is 0 Å². The van der Waals surface area contributed by atoms with E-state index in [1.807, 2.05) is 27.7 Å². The molecule has 0 aromatic heterocycles. The smallest absolute Gasteiger partial charge is 0.0644 e. The molecule has 0 aromatic carbocycles. The number of likely N-dealkylation sites (tertiary alicyclic amines) is 1. The minimum atomic E-state index is -0.428. The summed E-state index contributed by atoms with van der Waals surface area (Å²) in [6.45, 7) is 12.6. The van der Waals surface area contributed by atoms with Crippen molar-refractivity contribution >= 4 is 0 Å². The number of hydrogen-bond donors (Lipinski definition) is 1. The second kappa shape index (κ2) is 8.08. The molecule has 1 rings (SSSR count). The van der Waals surface area contributed by atoms with Gasteiger partial charge in [-0.1, -0.05) is 13.8 Å². The first-order valence-corrected chi connectivity index (χ1v) is 6.16. The molecule has 0 aromatic rings. The Hall–Kier alpha value is -0.120. The zero-order valence-electron chi connectivity index (χ0n) is 10.8. The topological polar surface area (TPSA) is 32.7 Å². The summed E-state index contributed by atoms with van der Waals surface area (Å²) in [6, 6.07) is 0. The summed E-state index contributed by atoms with van der Waals surface area (Å²) < 4.78 is 5.28. The van der Waals surface area contributed by atoms with Crippen LogP contribution in [0.15, 0.2) is 0 Å². The first kappa shape index (κ1) is 14.9. The highest BCUT2D eigenvalue weighted by Gasteiger charge is 2.26. The molecule has 1 saturated heterocycles. The number of piperidine rings is 1. The second-order valence-corrected chi connectivity index (χ2v) is 4.04. The molecule has 0 saturated carbocycles. The summed E-state index contributed by atoms with van der Waals surface area (Å²) in [5.41, 5.74) is -0.428. The zero-order chi connectivity index (χ0) is 11.7. The van der Waals surface area contributed by atoms with Gasteiger partial charge < -0.3 is 14.7 Å². The molecule has 3 heteroatoms. The standard InChI is InChI=1S/C10H21NO2.C2H6.H2/c1-3-13-9-8-11-6-4-10(2,12)5-7-11;1-2;/h12H,3-9H2,1-2H3;1-2H3;1H. The third kappa shape index (κ3) is 6.88. The van der Waals surface area contributed by atoms with E-state index in [4.69, 9.17) is 4.74 Å². The lowest BCUT2D eigenvalue weighted by Crippen LogP contribution is -2.43. The summed E-state index contributed by atoms with van der Waals surface area (Å²) in [5, 5.41) is 9.71. The van der Waals surface area contributed by atoms with Crippen molar-refractivity contribution in [1.29, 1.82) is 0 Å². The van der Waals surface area contributed by atoms with Gasteiger partial charge in [-0.25, -0.2) is 0 Å². The minimum absolute atomic E-state index is 0. The fraction of sp³-hybridized carbons (Fsp3) is 1.00. The van der Waals surface area contributed by atoms with Crippen molar-refractivity contribution in [1.82, 2.24) is 4.90 Å². The number of rotatable bonds is 4. The van der Waals surface area contributed by atoms with Gasteiger partial charge in [-0.3, -0.25) is 0 Å². The van der Waals surface area contributed by atoms with E-state index in [2.05, 4.69) is 4.90 Å². The van der Waals surface area contributed by atoms with E-state index in [0.29, 0.717) is 0 Å². The van der Waals surface area contributed by atoms with Crippen molar-refractivity contribution in [2.75, 3.05) is 32.8 Å². The van der Waals surface area contributed by atoms with E-state index in [1.165, 1.54) is 0 Å². The zero-order valence-corrected chi connectivity index (χ0v) is 10.8. The first-order valence-electron chi connectivity index (χ1n) is 6.16. The Kier molecular flexibility index (Phi) is 8.02. The van der Waals surface area contributed by atoms with Crippen LogP contribution in [0.5, 0.6) is 0 Å². The monoisotopic (exact) mass is 219 g/mol. The molecule has 0 amide bonds. The molecule has 0 atom stereocenters. The largest absolute Gasteiger partial charge is 0.390 e. The molecule has 94 valence electrons. The summed E-state index contributed by atoms with van der Waals surface area (Å²) in [7, 11) is 0. The predicted molar refractivity (Wildman–Crippen MR) is 66.3 cm³/mol. The number of nitrogens with zero attached hydrogens (tertiary/aromatic N) is 1. The molecule has 15 heavy (non-hydrogen) atoms. The van der Waals surface area contributed by atoms with Crippen molar-refractivity contribution in [3.05, 3.63) is 0 Å². The molecule has 1 fully saturated rings. The van der Waals surface area contributed by atoms with Gasteiger partial charge in [0.2, 0.25) is 0 Å². The van der Waals surface area contributed by atoms with Crippen molar-refractivity contribution in [2.45, 2.75) is 46.1 Å². The van der Waals surface area contributed by atoms with Gasteiger partial charge in [0.1, 0.15) is 0 Å². The molecule has 0 bridgehead atoms. The summed E-state index contributed by atoms with van der Waals surface area (Å²) in [4.78, 5) is 2.35. The van der Waals surface area contributed by atoms with Crippen LogP contribution >= 0.6 is 0 Å². The molecular weight excluding hydrogens is 190 g/mol. The van der Waals surface area contributed by atoms with E-state index < -0.39 is 5.60 Å². The van der Waals surface area contributed by atoms with Crippen LogP contribution in [0.1, 0.15) is 42.0 Å². The van der Waals surface area contributed by atoms with Crippen LogP contribution in [0.3, 0.4) is 0 Å². The molecule has 1 heterocycles. The lowest BCUT2D eigenvalue weighted by atomic mass is 9.94. The van der Waals surface area contributed by atoms with Crippen LogP contribution in [0, 0.1) is 0 Å².